The van der Waals surface area contributed by atoms with Crippen LogP contribution in [-0.2, 0) is 16.1 Å². The molecule has 0 saturated carbocycles. The molecule has 2 aromatic rings. The normalized spacial score (nSPS) is 20.4. The number of imide groups is 1. The number of halogens is 1. The van der Waals surface area contributed by atoms with Crippen molar-refractivity contribution >= 4 is 23.5 Å². The summed E-state index contributed by atoms with van der Waals surface area (Å²) in [7, 11) is 0. The lowest BCUT2D eigenvalue weighted by Gasteiger charge is -2.46. The first-order valence-corrected chi connectivity index (χ1v) is 11.1. The highest BCUT2D eigenvalue weighted by molar-refractivity contribution is 6.02. The van der Waals surface area contributed by atoms with E-state index in [9.17, 15) is 18.8 Å². The number of amides is 4. The standard InChI is InChI=1S/C24H27FN4O4/c1-2-33-19-11-9-18(10-12-19)27-21(30)15-28-20-4-3-13-26-22(20)23(31)29(24(28)32)14-16-5-7-17(25)8-6-16/h5-12,20,22,26H,2-4,13-15H2,1H3,(H,27,30). The number of piperidine rings is 1. The van der Waals surface area contributed by atoms with E-state index in [1.165, 1.54) is 17.0 Å². The van der Waals surface area contributed by atoms with Gasteiger partial charge in [0.05, 0.1) is 19.2 Å². The van der Waals surface area contributed by atoms with Gasteiger partial charge >= 0.3 is 6.03 Å². The zero-order valence-corrected chi connectivity index (χ0v) is 18.4. The number of fused-ring (bicyclic) bond motifs is 1. The number of hydrogen-bond acceptors (Lipinski definition) is 5. The van der Waals surface area contributed by atoms with Gasteiger partial charge in [0.2, 0.25) is 11.8 Å². The number of hydrogen-bond donors (Lipinski definition) is 2. The smallest absolute Gasteiger partial charge is 0.327 e. The van der Waals surface area contributed by atoms with Crippen LogP contribution < -0.4 is 15.4 Å². The summed E-state index contributed by atoms with van der Waals surface area (Å²) in [6, 6.07) is 11.2. The minimum absolute atomic E-state index is 0.0137. The van der Waals surface area contributed by atoms with E-state index >= 15 is 0 Å². The van der Waals surface area contributed by atoms with E-state index in [0.29, 0.717) is 36.6 Å². The molecule has 2 aliphatic rings. The van der Waals surface area contributed by atoms with Crippen molar-refractivity contribution < 1.29 is 23.5 Å². The molecule has 2 heterocycles. The second-order valence-electron chi connectivity index (χ2n) is 8.11. The Balaban J connectivity index is 1.49. The minimum atomic E-state index is -0.574. The molecule has 4 amide bonds. The van der Waals surface area contributed by atoms with Crippen LogP contribution in [0.5, 0.6) is 5.75 Å². The van der Waals surface area contributed by atoms with Crippen LogP contribution in [0, 0.1) is 5.82 Å². The zero-order valence-electron chi connectivity index (χ0n) is 18.4. The summed E-state index contributed by atoms with van der Waals surface area (Å²) in [6.07, 6.45) is 1.44. The van der Waals surface area contributed by atoms with Crippen LogP contribution in [0.4, 0.5) is 14.9 Å². The number of ether oxygens (including phenoxy) is 1. The molecule has 4 rings (SSSR count). The number of carbonyl (C=O) groups excluding carboxylic acids is 3. The van der Waals surface area contributed by atoms with Gasteiger partial charge in [-0.2, -0.15) is 0 Å². The van der Waals surface area contributed by atoms with E-state index in [2.05, 4.69) is 10.6 Å². The summed E-state index contributed by atoms with van der Waals surface area (Å²) in [6.45, 7) is 2.94. The summed E-state index contributed by atoms with van der Waals surface area (Å²) in [5.41, 5.74) is 1.22. The molecule has 174 valence electrons. The van der Waals surface area contributed by atoms with Crippen molar-refractivity contribution in [3.8, 4) is 5.75 Å². The topological polar surface area (TPSA) is 91.0 Å². The second-order valence-corrected chi connectivity index (χ2v) is 8.11. The fourth-order valence-electron chi connectivity index (χ4n) is 4.28. The number of rotatable bonds is 7. The van der Waals surface area contributed by atoms with E-state index < -0.39 is 23.9 Å². The quantitative estimate of drug-likeness (QED) is 0.672. The molecule has 0 bridgehead atoms. The monoisotopic (exact) mass is 454 g/mol. The van der Waals surface area contributed by atoms with Gasteiger partial charge in [-0.05, 0) is 68.3 Å². The van der Waals surface area contributed by atoms with Gasteiger partial charge in [-0.1, -0.05) is 12.1 Å². The summed E-state index contributed by atoms with van der Waals surface area (Å²) < 4.78 is 18.7. The maximum Gasteiger partial charge on any atom is 0.327 e. The van der Waals surface area contributed by atoms with Gasteiger partial charge in [-0.3, -0.25) is 14.5 Å². The highest BCUT2D eigenvalue weighted by Gasteiger charge is 2.47. The van der Waals surface area contributed by atoms with E-state index in [0.717, 1.165) is 11.3 Å². The van der Waals surface area contributed by atoms with Crippen molar-refractivity contribution in [2.75, 3.05) is 25.0 Å². The van der Waals surface area contributed by atoms with Crippen LogP contribution >= 0.6 is 0 Å². The van der Waals surface area contributed by atoms with Gasteiger partial charge in [0.25, 0.3) is 0 Å². The average Bonchev–Trinajstić information content (AvgIpc) is 2.82. The Morgan fingerprint density at radius 2 is 1.88 bits per heavy atom. The summed E-state index contributed by atoms with van der Waals surface area (Å²) >= 11 is 0. The second kappa shape index (κ2) is 9.99. The number of nitrogens with one attached hydrogen (secondary N) is 2. The van der Waals surface area contributed by atoms with Crippen molar-refractivity contribution in [3.63, 3.8) is 0 Å². The van der Waals surface area contributed by atoms with Crippen molar-refractivity contribution in [2.24, 2.45) is 0 Å². The third-order valence-corrected chi connectivity index (χ3v) is 5.85. The van der Waals surface area contributed by atoms with Gasteiger partial charge in [0.15, 0.2) is 0 Å². The van der Waals surface area contributed by atoms with Gasteiger partial charge in [0, 0.05) is 5.69 Å². The van der Waals surface area contributed by atoms with Gasteiger partial charge in [0.1, 0.15) is 24.2 Å². The fraction of sp³-hybridized carbons (Fsp3) is 0.375. The maximum absolute atomic E-state index is 13.3. The van der Waals surface area contributed by atoms with E-state index in [1.54, 1.807) is 36.4 Å². The number of urea groups is 1. The number of anilines is 1. The zero-order chi connectivity index (χ0) is 23.4. The summed E-state index contributed by atoms with van der Waals surface area (Å²) in [5.74, 6) is -0.366. The maximum atomic E-state index is 13.3. The van der Waals surface area contributed by atoms with Crippen molar-refractivity contribution in [1.29, 1.82) is 0 Å². The summed E-state index contributed by atoms with van der Waals surface area (Å²) in [5, 5.41) is 6.00. The predicted octanol–water partition coefficient (Wildman–Crippen LogP) is 2.75. The average molecular weight is 455 g/mol. The van der Waals surface area contributed by atoms with Crippen LogP contribution in [0.15, 0.2) is 48.5 Å². The Hall–Kier alpha value is -3.46. The van der Waals surface area contributed by atoms with Crippen LogP contribution in [0.25, 0.3) is 0 Å². The third-order valence-electron chi connectivity index (χ3n) is 5.85. The van der Waals surface area contributed by atoms with Crippen molar-refractivity contribution in [2.45, 2.75) is 38.4 Å². The minimum Gasteiger partial charge on any atom is -0.494 e. The molecular weight excluding hydrogens is 427 g/mol. The lowest BCUT2D eigenvalue weighted by molar-refractivity contribution is -0.138. The lowest BCUT2D eigenvalue weighted by Crippen LogP contribution is -2.70. The molecule has 9 heteroatoms. The first-order valence-electron chi connectivity index (χ1n) is 11.1. The predicted molar refractivity (Wildman–Crippen MR) is 120 cm³/mol. The molecule has 0 radical (unpaired) electrons. The molecule has 8 nitrogen and oxygen atoms in total. The molecule has 0 aromatic heterocycles. The Morgan fingerprint density at radius 3 is 2.58 bits per heavy atom. The molecule has 2 N–H and O–H groups in total. The molecular formula is C24H27FN4O4. The van der Waals surface area contributed by atoms with E-state index in [-0.39, 0.29) is 24.9 Å². The fourth-order valence-corrected chi connectivity index (χ4v) is 4.28. The van der Waals surface area contributed by atoms with Crippen molar-refractivity contribution in [1.82, 2.24) is 15.1 Å². The van der Waals surface area contributed by atoms with Crippen LogP contribution in [0.1, 0.15) is 25.3 Å². The number of carbonyl (C=O) groups is 3. The van der Waals surface area contributed by atoms with Crippen LogP contribution in [0.2, 0.25) is 0 Å². The largest absolute Gasteiger partial charge is 0.494 e. The highest BCUT2D eigenvalue weighted by atomic mass is 19.1. The Kier molecular flexibility index (Phi) is 6.88. The lowest BCUT2D eigenvalue weighted by atomic mass is 9.93. The molecule has 2 unspecified atom stereocenters. The highest BCUT2D eigenvalue weighted by Crippen LogP contribution is 2.26. The van der Waals surface area contributed by atoms with Gasteiger partial charge in [-0.25, -0.2) is 9.18 Å². The molecule has 2 aromatic carbocycles. The van der Waals surface area contributed by atoms with Crippen LogP contribution in [0.3, 0.4) is 0 Å². The first-order chi connectivity index (χ1) is 16.0. The van der Waals surface area contributed by atoms with E-state index in [4.69, 9.17) is 4.74 Å². The molecule has 2 fully saturated rings. The van der Waals surface area contributed by atoms with Crippen molar-refractivity contribution in [3.05, 3.63) is 59.9 Å². The third kappa shape index (κ3) is 5.14. The Labute approximate surface area is 191 Å². The number of nitrogens with zero attached hydrogens (tertiary/aromatic N) is 2. The molecule has 33 heavy (non-hydrogen) atoms. The van der Waals surface area contributed by atoms with Gasteiger partial charge in [-0.15, -0.1) is 0 Å². The molecule has 2 atom stereocenters. The molecule has 2 saturated heterocycles. The summed E-state index contributed by atoms with van der Waals surface area (Å²) in [4.78, 5) is 41.8. The van der Waals surface area contributed by atoms with Crippen LogP contribution in [-0.4, -0.2) is 59.4 Å². The molecule has 0 aliphatic carbocycles. The van der Waals surface area contributed by atoms with E-state index in [1.807, 2.05) is 6.92 Å². The number of benzene rings is 2. The first kappa shape index (κ1) is 22.7. The SMILES string of the molecule is CCOc1ccc(NC(=O)CN2C(=O)N(Cc3ccc(F)cc3)C(=O)C3NCCCC32)cc1. The van der Waals surface area contributed by atoms with Gasteiger partial charge < -0.3 is 20.3 Å². The Bertz CT molecular complexity index is 1010. The molecule has 2 aliphatic heterocycles. The molecule has 0 spiro atoms. The Morgan fingerprint density at radius 1 is 1.15 bits per heavy atom.